The highest BCUT2D eigenvalue weighted by atomic mass is 127. The lowest BCUT2D eigenvalue weighted by Crippen LogP contribution is -3.00. The van der Waals surface area contributed by atoms with Crippen LogP contribution in [0.2, 0.25) is 5.02 Å². The summed E-state index contributed by atoms with van der Waals surface area (Å²) in [4.78, 5) is 14.0. The molecule has 0 unspecified atom stereocenters. The second-order valence-electron chi connectivity index (χ2n) is 9.26. The monoisotopic (exact) mass is 614 g/mol. The fourth-order valence-electron chi connectivity index (χ4n) is 4.17. The summed E-state index contributed by atoms with van der Waals surface area (Å²) in [5, 5.41) is 0.542. The third-order valence-electron chi connectivity index (χ3n) is 6.35. The third kappa shape index (κ3) is 12.4. The van der Waals surface area contributed by atoms with E-state index in [1.54, 1.807) is 11.8 Å². The van der Waals surface area contributed by atoms with Crippen LogP contribution >= 0.6 is 11.6 Å². The Morgan fingerprint density at radius 1 is 0.914 bits per heavy atom. The van der Waals surface area contributed by atoms with Gasteiger partial charge in [-0.3, -0.25) is 4.79 Å². The molecule has 1 heterocycles. The van der Waals surface area contributed by atoms with Crippen molar-refractivity contribution in [3.63, 3.8) is 0 Å². The molecule has 0 atom stereocenters. The van der Waals surface area contributed by atoms with Crippen molar-refractivity contribution in [3.05, 3.63) is 53.3 Å². The maximum Gasteiger partial charge on any atom is 0.224 e. The normalized spacial score (nSPS) is 10.6. The zero-order valence-corrected chi connectivity index (χ0v) is 24.8. The Labute approximate surface area is 235 Å². The highest BCUT2D eigenvalue weighted by Gasteiger charge is 2.18. The summed E-state index contributed by atoms with van der Waals surface area (Å²) in [5.74, 6) is 0.660. The molecule has 0 saturated carbocycles. The Bertz CT molecular complexity index is 862. The van der Waals surface area contributed by atoms with E-state index in [0.29, 0.717) is 23.9 Å². The van der Waals surface area contributed by atoms with Gasteiger partial charge in [0.25, 0.3) is 0 Å². The molecule has 2 aromatic rings. The van der Waals surface area contributed by atoms with E-state index >= 15 is 0 Å². The second-order valence-corrected chi connectivity index (χ2v) is 9.67. The lowest BCUT2D eigenvalue weighted by molar-refractivity contribution is -0.679. The molecule has 0 spiro atoms. The predicted octanol–water partition coefficient (Wildman–Crippen LogP) is 4.80. The van der Waals surface area contributed by atoms with Gasteiger partial charge in [-0.2, -0.15) is 0 Å². The number of hydrogen-bond donors (Lipinski definition) is 0. The average molecular weight is 615 g/mol. The first kappa shape index (κ1) is 31.7. The molecule has 196 valence electrons. The molecule has 35 heavy (non-hydrogen) atoms. The molecule has 1 aromatic heterocycles. The minimum Gasteiger partial charge on any atom is -1.00 e. The van der Waals surface area contributed by atoms with Crippen molar-refractivity contribution in [2.75, 3.05) is 11.5 Å². The molecule has 0 radical (unpaired) electrons. The zero-order valence-electron chi connectivity index (χ0n) is 21.9. The number of pyridine rings is 1. The van der Waals surface area contributed by atoms with E-state index in [4.69, 9.17) is 16.3 Å². The largest absolute Gasteiger partial charge is 1.00 e. The molecule has 6 heteroatoms. The van der Waals surface area contributed by atoms with Gasteiger partial charge in [0.1, 0.15) is 19.3 Å². The van der Waals surface area contributed by atoms with Crippen LogP contribution in [0.5, 0.6) is 5.75 Å². The Morgan fingerprint density at radius 3 is 2.06 bits per heavy atom. The molecule has 0 N–H and O–H groups in total. The number of benzene rings is 1. The lowest BCUT2D eigenvalue weighted by Gasteiger charge is -2.21. The molecule has 1 aromatic carbocycles. The van der Waals surface area contributed by atoms with Gasteiger partial charge < -0.3 is 33.6 Å². The molecular weight excluding hydrogens is 571 g/mol. The van der Waals surface area contributed by atoms with Crippen molar-refractivity contribution in [2.24, 2.45) is 7.05 Å². The first-order valence-electron chi connectivity index (χ1n) is 13.2. The number of aryl methyl sites for hydroxylation is 1. The Hall–Kier alpha value is -1.34. The maximum atomic E-state index is 12.3. The van der Waals surface area contributed by atoms with Gasteiger partial charge in [0.05, 0.1) is 11.6 Å². The highest BCUT2D eigenvalue weighted by Crippen LogP contribution is 2.30. The van der Waals surface area contributed by atoms with Crippen molar-refractivity contribution >= 4 is 23.2 Å². The average Bonchev–Trinajstić information content (AvgIpc) is 2.82. The Morgan fingerprint density at radius 2 is 1.51 bits per heavy atom. The van der Waals surface area contributed by atoms with Gasteiger partial charge in [-0.1, -0.05) is 95.2 Å². The summed E-state index contributed by atoms with van der Waals surface area (Å²) in [6.07, 6.45) is 17.9. The summed E-state index contributed by atoms with van der Waals surface area (Å²) in [6, 6.07) is 11.6. The van der Waals surface area contributed by atoms with Crippen molar-refractivity contribution in [1.29, 1.82) is 0 Å². The second kappa shape index (κ2) is 18.9. The van der Waals surface area contributed by atoms with Crippen LogP contribution in [0.4, 0.5) is 5.69 Å². The molecule has 0 aliphatic heterocycles. The number of anilines is 1. The van der Waals surface area contributed by atoms with Gasteiger partial charge in [0.15, 0.2) is 6.20 Å². The number of nitrogens with zero attached hydrogens (tertiary/aromatic N) is 2. The topological polar surface area (TPSA) is 33.4 Å². The Balaban J connectivity index is 0.00000612. The van der Waals surface area contributed by atoms with Crippen LogP contribution in [0.25, 0.3) is 0 Å². The lowest BCUT2D eigenvalue weighted by atomic mass is 10.1. The zero-order chi connectivity index (χ0) is 24.6. The number of rotatable bonds is 17. The van der Waals surface area contributed by atoms with E-state index in [1.807, 2.05) is 54.2 Å². The quantitative estimate of drug-likeness (QED) is 0.146. The van der Waals surface area contributed by atoms with Crippen LogP contribution in [0.15, 0.2) is 42.6 Å². The van der Waals surface area contributed by atoms with Crippen molar-refractivity contribution in [3.8, 4) is 5.75 Å². The fourth-order valence-corrected chi connectivity index (χ4v) is 4.40. The molecule has 4 nitrogen and oxygen atoms in total. The van der Waals surface area contributed by atoms with Gasteiger partial charge in [-0.05, 0) is 24.6 Å². The summed E-state index contributed by atoms with van der Waals surface area (Å²) in [7, 11) is 1.98. The van der Waals surface area contributed by atoms with E-state index in [1.165, 1.54) is 70.6 Å². The van der Waals surface area contributed by atoms with Crippen LogP contribution in [0, 0.1) is 0 Å². The first-order chi connectivity index (χ1) is 16.5. The van der Waals surface area contributed by atoms with Crippen LogP contribution < -0.4 is 38.2 Å². The van der Waals surface area contributed by atoms with Gasteiger partial charge in [0.2, 0.25) is 11.6 Å². The highest BCUT2D eigenvalue weighted by molar-refractivity contribution is 6.32. The number of unbranched alkanes of at least 4 members (excludes halogenated alkanes) is 11. The SMILES string of the molecule is CCCCCCCCCCCCCCOc1ccc(N(Cc2cccc[n+]2C)C(C)=O)cc1Cl.[I-]. The molecule has 2 rings (SSSR count). The number of amides is 1. The van der Waals surface area contributed by atoms with Gasteiger partial charge in [-0.25, -0.2) is 4.57 Å². The molecule has 0 bridgehead atoms. The number of aromatic nitrogens is 1. The van der Waals surface area contributed by atoms with Gasteiger partial charge in [-0.15, -0.1) is 0 Å². The standard InChI is InChI=1S/C29H44ClN2O2.HI/c1-4-5-6-7-8-9-10-11-12-13-14-17-22-34-29-20-19-26(23-28(29)30)32(25(2)33)24-27-18-15-16-21-31(27)3;/h15-16,18-21,23H,4-14,17,22,24H2,1-3H3;1H/q+1;/p-1. The maximum absolute atomic E-state index is 12.3. The van der Waals surface area contributed by atoms with Crippen LogP contribution in [0.3, 0.4) is 0 Å². The van der Waals surface area contributed by atoms with Crippen molar-refractivity contribution in [1.82, 2.24) is 0 Å². The number of hydrogen-bond acceptors (Lipinski definition) is 2. The predicted molar refractivity (Wildman–Crippen MR) is 143 cm³/mol. The summed E-state index contributed by atoms with van der Waals surface area (Å²) in [6.45, 7) is 5.01. The summed E-state index contributed by atoms with van der Waals surface area (Å²) < 4.78 is 7.94. The van der Waals surface area contributed by atoms with Gasteiger partial charge >= 0.3 is 0 Å². The molecule has 1 amide bonds. The van der Waals surface area contributed by atoms with Crippen molar-refractivity contribution < 1.29 is 38.1 Å². The van der Waals surface area contributed by atoms with Crippen LogP contribution in [-0.2, 0) is 18.4 Å². The summed E-state index contributed by atoms with van der Waals surface area (Å²) in [5.41, 5.74) is 1.82. The molecule has 0 aliphatic rings. The van der Waals surface area contributed by atoms with E-state index in [-0.39, 0.29) is 29.9 Å². The van der Waals surface area contributed by atoms with E-state index in [2.05, 4.69) is 6.92 Å². The molecule has 0 aliphatic carbocycles. The van der Waals surface area contributed by atoms with Crippen LogP contribution in [-0.4, -0.2) is 12.5 Å². The molecule has 0 saturated heterocycles. The third-order valence-corrected chi connectivity index (χ3v) is 6.64. The first-order valence-corrected chi connectivity index (χ1v) is 13.5. The number of ether oxygens (including phenoxy) is 1. The molecular formula is C29H44ClIN2O2. The Kier molecular flexibility index (Phi) is 17.1. The van der Waals surface area contributed by atoms with Crippen molar-refractivity contribution in [2.45, 2.75) is 97.4 Å². The van der Waals surface area contributed by atoms with Gasteiger partial charge in [0, 0.05) is 24.7 Å². The fraction of sp³-hybridized carbons (Fsp3) is 0.586. The van der Waals surface area contributed by atoms with E-state index < -0.39 is 0 Å². The minimum atomic E-state index is -0.0231. The minimum absolute atomic E-state index is 0. The summed E-state index contributed by atoms with van der Waals surface area (Å²) >= 11 is 6.50. The number of halogens is 2. The number of carbonyl (C=O) groups excluding carboxylic acids is 1. The number of carbonyl (C=O) groups is 1. The van der Waals surface area contributed by atoms with Crippen LogP contribution in [0.1, 0.15) is 96.6 Å². The smallest absolute Gasteiger partial charge is 0.224 e. The molecule has 0 fully saturated rings. The van der Waals surface area contributed by atoms with E-state index in [0.717, 1.165) is 17.8 Å². The van der Waals surface area contributed by atoms with E-state index in [9.17, 15) is 4.79 Å².